The van der Waals surface area contributed by atoms with Gasteiger partial charge in [0.25, 0.3) is 11.1 Å². The first-order valence-electron chi connectivity index (χ1n) is 10.8. The first-order valence-corrected chi connectivity index (χ1v) is 12.7. The van der Waals surface area contributed by atoms with E-state index in [4.69, 9.17) is 0 Å². The topological polar surface area (TPSA) is 124 Å². The molecule has 36 heavy (non-hydrogen) atoms. The van der Waals surface area contributed by atoms with Gasteiger partial charge in [0.05, 0.1) is 28.8 Å². The first-order chi connectivity index (χ1) is 16.8. The highest BCUT2D eigenvalue weighted by molar-refractivity contribution is 7.92. The van der Waals surface area contributed by atoms with Gasteiger partial charge in [-0.3, -0.25) is 28.0 Å². The average molecular weight is 514 g/mol. The Morgan fingerprint density at radius 3 is 2.25 bits per heavy atom. The third-order valence-electron chi connectivity index (χ3n) is 5.80. The summed E-state index contributed by atoms with van der Waals surface area (Å²) >= 11 is 0. The largest absolute Gasteiger partial charge is 0.338 e. The fourth-order valence-electron chi connectivity index (χ4n) is 4.06. The van der Waals surface area contributed by atoms with E-state index in [2.05, 4.69) is 10.0 Å². The number of benzene rings is 2. The standard InChI is InChI=1S/C24H24FN5O5S/c1-13-9-10-18(17(25)11-13)26-21-19-20(14(2)22(31)28(21)3)30(24(33)29(4)23(19)32)16-8-6-7-15(12-16)27-36(5,34)35/h6-12,26-27H,1-5H3. The number of rotatable bonds is 5. The predicted molar refractivity (Wildman–Crippen MR) is 138 cm³/mol. The molecule has 0 radical (unpaired) electrons. The molecule has 0 spiro atoms. The zero-order chi connectivity index (χ0) is 26.5. The molecule has 10 nitrogen and oxygen atoms in total. The van der Waals surface area contributed by atoms with Crippen molar-refractivity contribution in [2.75, 3.05) is 16.3 Å². The Morgan fingerprint density at radius 1 is 0.917 bits per heavy atom. The van der Waals surface area contributed by atoms with Gasteiger partial charge in [0, 0.05) is 19.7 Å². The number of anilines is 3. The molecule has 4 rings (SSSR count). The molecule has 0 bridgehead atoms. The minimum atomic E-state index is -3.60. The van der Waals surface area contributed by atoms with E-state index in [9.17, 15) is 27.2 Å². The molecule has 0 saturated heterocycles. The Balaban J connectivity index is 2.12. The van der Waals surface area contributed by atoms with Crippen LogP contribution in [0.4, 0.5) is 21.6 Å². The van der Waals surface area contributed by atoms with Crippen molar-refractivity contribution < 1.29 is 12.8 Å². The zero-order valence-corrected chi connectivity index (χ0v) is 21.0. The second-order valence-corrected chi connectivity index (χ2v) is 10.3. The number of nitrogens with zero attached hydrogens (tertiary/aromatic N) is 3. The number of hydrogen-bond acceptors (Lipinski definition) is 6. The van der Waals surface area contributed by atoms with Gasteiger partial charge in [-0.05, 0) is 49.7 Å². The van der Waals surface area contributed by atoms with E-state index in [1.54, 1.807) is 19.1 Å². The highest BCUT2D eigenvalue weighted by atomic mass is 32.2. The first kappa shape index (κ1) is 24.9. The monoisotopic (exact) mass is 513 g/mol. The lowest BCUT2D eigenvalue weighted by atomic mass is 10.1. The number of aryl methyl sites for hydroxylation is 2. The maximum absolute atomic E-state index is 14.7. The minimum absolute atomic E-state index is 0.00289. The van der Waals surface area contributed by atoms with Crippen molar-refractivity contribution in [3.63, 3.8) is 0 Å². The summed E-state index contributed by atoms with van der Waals surface area (Å²) in [4.78, 5) is 39.9. The lowest BCUT2D eigenvalue weighted by Crippen LogP contribution is -2.40. The van der Waals surface area contributed by atoms with Crippen LogP contribution in [0.1, 0.15) is 11.1 Å². The van der Waals surface area contributed by atoms with E-state index in [-0.39, 0.29) is 39.3 Å². The van der Waals surface area contributed by atoms with Gasteiger partial charge in [0.1, 0.15) is 17.0 Å². The van der Waals surface area contributed by atoms with Gasteiger partial charge in [-0.2, -0.15) is 0 Å². The molecule has 0 fully saturated rings. The summed E-state index contributed by atoms with van der Waals surface area (Å²) in [5.41, 5.74) is -0.671. The maximum atomic E-state index is 14.7. The van der Waals surface area contributed by atoms with Crippen LogP contribution in [0, 0.1) is 19.7 Å². The fraction of sp³-hybridized carbons (Fsp3) is 0.208. The SMILES string of the molecule is Cc1ccc(Nc2c3c(=O)n(C)c(=O)n(-c4cccc(NS(C)(=O)=O)c4)c3c(C)c(=O)n2C)c(F)c1. The maximum Gasteiger partial charge on any atom is 0.335 e. The fourth-order valence-corrected chi connectivity index (χ4v) is 4.62. The van der Waals surface area contributed by atoms with Gasteiger partial charge in [0.15, 0.2) is 0 Å². The lowest BCUT2D eigenvalue weighted by Gasteiger charge is -2.20. The van der Waals surface area contributed by atoms with Gasteiger partial charge in [0.2, 0.25) is 10.0 Å². The number of aromatic nitrogens is 3. The normalized spacial score (nSPS) is 11.6. The van der Waals surface area contributed by atoms with Gasteiger partial charge in [-0.15, -0.1) is 0 Å². The predicted octanol–water partition coefficient (Wildman–Crippen LogP) is 2.26. The molecule has 0 aliphatic carbocycles. The summed E-state index contributed by atoms with van der Waals surface area (Å²) in [5, 5.41) is 2.84. The van der Waals surface area contributed by atoms with Crippen LogP contribution in [0.15, 0.2) is 56.8 Å². The summed E-state index contributed by atoms with van der Waals surface area (Å²) in [6.07, 6.45) is 0.990. The zero-order valence-electron chi connectivity index (χ0n) is 20.2. The van der Waals surface area contributed by atoms with E-state index < -0.39 is 32.6 Å². The molecule has 2 aromatic heterocycles. The molecule has 4 aromatic rings. The van der Waals surface area contributed by atoms with Crippen LogP contribution >= 0.6 is 0 Å². The lowest BCUT2D eigenvalue weighted by molar-refractivity contribution is 0.607. The average Bonchev–Trinajstić information content (AvgIpc) is 2.79. The van der Waals surface area contributed by atoms with Crippen molar-refractivity contribution >= 4 is 38.1 Å². The van der Waals surface area contributed by atoms with Gasteiger partial charge in [-0.1, -0.05) is 12.1 Å². The molecule has 12 heteroatoms. The minimum Gasteiger partial charge on any atom is -0.338 e. The van der Waals surface area contributed by atoms with Crippen molar-refractivity contribution in [1.82, 2.24) is 13.7 Å². The van der Waals surface area contributed by atoms with Crippen LogP contribution in [0.5, 0.6) is 0 Å². The molecule has 2 heterocycles. The highest BCUT2D eigenvalue weighted by Gasteiger charge is 2.23. The smallest absolute Gasteiger partial charge is 0.335 e. The molecule has 0 atom stereocenters. The van der Waals surface area contributed by atoms with Crippen molar-refractivity contribution in [3.8, 4) is 5.69 Å². The molecule has 2 N–H and O–H groups in total. The summed E-state index contributed by atoms with van der Waals surface area (Å²) < 4.78 is 43.7. The van der Waals surface area contributed by atoms with Crippen LogP contribution in [0.25, 0.3) is 16.6 Å². The van der Waals surface area contributed by atoms with Crippen LogP contribution in [0.3, 0.4) is 0 Å². The van der Waals surface area contributed by atoms with Crippen LogP contribution < -0.4 is 26.8 Å². The Kier molecular flexibility index (Phi) is 6.08. The number of halogens is 1. The summed E-state index contributed by atoms with van der Waals surface area (Å²) in [6, 6.07) is 10.5. The molecular weight excluding hydrogens is 489 g/mol. The van der Waals surface area contributed by atoms with Crippen molar-refractivity contribution in [2.24, 2.45) is 14.1 Å². The Morgan fingerprint density at radius 2 is 1.61 bits per heavy atom. The Labute approximate surface area is 205 Å². The number of fused-ring (bicyclic) bond motifs is 1. The summed E-state index contributed by atoms with van der Waals surface area (Å²) in [5.74, 6) is -0.580. The molecule has 0 aliphatic heterocycles. The highest BCUT2D eigenvalue weighted by Crippen LogP contribution is 2.27. The quantitative estimate of drug-likeness (QED) is 0.422. The van der Waals surface area contributed by atoms with Crippen LogP contribution in [0.2, 0.25) is 0 Å². The van der Waals surface area contributed by atoms with E-state index >= 15 is 0 Å². The van der Waals surface area contributed by atoms with Crippen LogP contribution in [-0.4, -0.2) is 28.4 Å². The number of nitrogens with one attached hydrogen (secondary N) is 2. The molecule has 2 aromatic carbocycles. The Bertz CT molecular complexity index is 1840. The van der Waals surface area contributed by atoms with Gasteiger partial charge >= 0.3 is 5.69 Å². The molecular formula is C24H24FN5O5S. The molecule has 0 unspecified atom stereocenters. The molecule has 0 aliphatic rings. The second-order valence-electron chi connectivity index (χ2n) is 8.58. The molecule has 0 amide bonds. The van der Waals surface area contributed by atoms with Gasteiger partial charge in [-0.25, -0.2) is 17.6 Å². The summed E-state index contributed by atoms with van der Waals surface area (Å²) in [6.45, 7) is 3.21. The number of pyridine rings is 1. The second kappa shape index (κ2) is 8.79. The van der Waals surface area contributed by atoms with E-state index in [0.717, 1.165) is 15.4 Å². The van der Waals surface area contributed by atoms with Crippen molar-refractivity contribution in [3.05, 3.63) is 90.6 Å². The molecule has 0 saturated carbocycles. The third-order valence-corrected chi connectivity index (χ3v) is 6.40. The van der Waals surface area contributed by atoms with E-state index in [1.165, 1.54) is 55.9 Å². The van der Waals surface area contributed by atoms with Crippen LogP contribution in [-0.2, 0) is 24.1 Å². The van der Waals surface area contributed by atoms with E-state index in [0.29, 0.717) is 5.56 Å². The third kappa shape index (κ3) is 4.31. The van der Waals surface area contributed by atoms with Gasteiger partial charge < -0.3 is 5.32 Å². The van der Waals surface area contributed by atoms with Crippen molar-refractivity contribution in [1.29, 1.82) is 0 Å². The number of sulfonamides is 1. The van der Waals surface area contributed by atoms with E-state index in [1.807, 2.05) is 0 Å². The summed E-state index contributed by atoms with van der Waals surface area (Å²) in [7, 11) is -0.877. The Hall–Kier alpha value is -4.19. The molecule has 188 valence electrons. The van der Waals surface area contributed by atoms with Crippen molar-refractivity contribution in [2.45, 2.75) is 13.8 Å². The number of hydrogen-bond donors (Lipinski definition) is 2.